The number of unbranched alkanes of at least 4 members (excludes halogenated alkanes) is 3. The minimum atomic E-state index is 0.376. The molecule has 0 aromatic carbocycles. The van der Waals surface area contributed by atoms with Crippen molar-refractivity contribution in [3.8, 4) is 0 Å². The molecular weight excluding hydrogens is 190 g/mol. The van der Waals surface area contributed by atoms with E-state index in [9.17, 15) is 0 Å². The van der Waals surface area contributed by atoms with Crippen LogP contribution in [0.2, 0.25) is 0 Å². The number of allylic oxidation sites excluding steroid dienone is 1. The standard InChI is InChI=1S/C12H25NS/c1-5-6-7-8-9-10-13-11-12(2,3)14-4/h5,13H,1,6-11H2,2-4H3. The average Bonchev–Trinajstić information content (AvgIpc) is 2.16. The Bertz CT molecular complexity index is 143. The zero-order chi connectivity index (χ0) is 10.9. The Labute approximate surface area is 93.7 Å². The van der Waals surface area contributed by atoms with Crippen molar-refractivity contribution in [1.82, 2.24) is 5.32 Å². The predicted octanol–water partition coefficient (Wildman–Crippen LogP) is 3.46. The Morgan fingerprint density at radius 3 is 2.57 bits per heavy atom. The van der Waals surface area contributed by atoms with E-state index < -0.39 is 0 Å². The Balaban J connectivity index is 3.17. The zero-order valence-electron chi connectivity index (χ0n) is 9.94. The molecule has 0 aromatic heterocycles. The first kappa shape index (κ1) is 14.1. The lowest BCUT2D eigenvalue weighted by Gasteiger charge is -2.22. The van der Waals surface area contributed by atoms with Crippen molar-refractivity contribution in [3.63, 3.8) is 0 Å². The zero-order valence-corrected chi connectivity index (χ0v) is 10.8. The second kappa shape index (κ2) is 8.37. The first-order valence-corrected chi connectivity index (χ1v) is 6.71. The van der Waals surface area contributed by atoms with Crippen LogP contribution in [0, 0.1) is 0 Å². The average molecular weight is 215 g/mol. The van der Waals surface area contributed by atoms with Crippen LogP contribution in [-0.4, -0.2) is 24.1 Å². The quantitative estimate of drug-likeness (QED) is 0.467. The molecule has 0 fully saturated rings. The van der Waals surface area contributed by atoms with Crippen LogP contribution >= 0.6 is 11.8 Å². The van der Waals surface area contributed by atoms with Crippen LogP contribution in [0.3, 0.4) is 0 Å². The van der Waals surface area contributed by atoms with E-state index in [2.05, 4.69) is 32.0 Å². The summed E-state index contributed by atoms with van der Waals surface area (Å²) in [5.74, 6) is 0. The minimum Gasteiger partial charge on any atom is -0.315 e. The number of thioether (sulfide) groups is 1. The summed E-state index contributed by atoms with van der Waals surface area (Å²) in [6.45, 7) is 10.5. The van der Waals surface area contributed by atoms with E-state index in [1.54, 1.807) is 0 Å². The van der Waals surface area contributed by atoms with Crippen molar-refractivity contribution in [2.45, 2.75) is 44.3 Å². The van der Waals surface area contributed by atoms with Crippen LogP contribution in [0.15, 0.2) is 12.7 Å². The van der Waals surface area contributed by atoms with Crippen molar-refractivity contribution in [3.05, 3.63) is 12.7 Å². The first-order valence-electron chi connectivity index (χ1n) is 5.49. The van der Waals surface area contributed by atoms with Gasteiger partial charge in [-0.3, -0.25) is 0 Å². The topological polar surface area (TPSA) is 12.0 Å². The van der Waals surface area contributed by atoms with Gasteiger partial charge in [0.1, 0.15) is 0 Å². The molecule has 2 heteroatoms. The van der Waals surface area contributed by atoms with Crippen molar-refractivity contribution < 1.29 is 0 Å². The molecule has 0 heterocycles. The molecule has 0 aliphatic rings. The van der Waals surface area contributed by atoms with E-state index in [-0.39, 0.29) is 0 Å². The van der Waals surface area contributed by atoms with Crippen LogP contribution in [0.1, 0.15) is 39.5 Å². The normalized spacial score (nSPS) is 11.6. The second-order valence-corrected chi connectivity index (χ2v) is 5.79. The highest BCUT2D eigenvalue weighted by Gasteiger charge is 2.14. The van der Waals surface area contributed by atoms with Gasteiger partial charge in [-0.2, -0.15) is 11.8 Å². The predicted molar refractivity (Wildman–Crippen MR) is 69.1 cm³/mol. The molecule has 0 aliphatic heterocycles. The van der Waals surface area contributed by atoms with Crippen molar-refractivity contribution >= 4 is 11.8 Å². The lowest BCUT2D eigenvalue weighted by Crippen LogP contribution is -2.32. The first-order chi connectivity index (χ1) is 6.62. The second-order valence-electron chi connectivity index (χ2n) is 4.28. The highest BCUT2D eigenvalue weighted by atomic mass is 32.2. The lowest BCUT2D eigenvalue weighted by atomic mass is 10.2. The molecular formula is C12H25NS. The number of hydrogen-bond acceptors (Lipinski definition) is 2. The summed E-state index contributed by atoms with van der Waals surface area (Å²) >= 11 is 1.92. The molecule has 0 bridgehead atoms. The Kier molecular flexibility index (Phi) is 8.40. The number of hydrogen-bond donors (Lipinski definition) is 1. The van der Waals surface area contributed by atoms with Crippen molar-refractivity contribution in [1.29, 1.82) is 0 Å². The summed E-state index contributed by atoms with van der Waals surface area (Å²) in [5, 5.41) is 3.51. The van der Waals surface area contributed by atoms with Gasteiger partial charge in [0.05, 0.1) is 0 Å². The van der Waals surface area contributed by atoms with Gasteiger partial charge in [0.25, 0.3) is 0 Å². The molecule has 0 radical (unpaired) electrons. The van der Waals surface area contributed by atoms with Gasteiger partial charge in [-0.05, 0) is 45.9 Å². The molecule has 0 unspecified atom stereocenters. The Hall–Kier alpha value is 0.0500. The monoisotopic (exact) mass is 215 g/mol. The van der Waals surface area contributed by atoms with Crippen LogP contribution in [-0.2, 0) is 0 Å². The SMILES string of the molecule is C=CCCCCCNCC(C)(C)SC. The molecule has 1 N–H and O–H groups in total. The van der Waals surface area contributed by atoms with Gasteiger partial charge in [-0.25, -0.2) is 0 Å². The maximum Gasteiger partial charge on any atom is 0.0225 e. The molecule has 0 aliphatic carbocycles. The van der Waals surface area contributed by atoms with Crippen LogP contribution < -0.4 is 5.32 Å². The smallest absolute Gasteiger partial charge is 0.0225 e. The Morgan fingerprint density at radius 2 is 2.00 bits per heavy atom. The highest BCUT2D eigenvalue weighted by Crippen LogP contribution is 2.19. The molecule has 14 heavy (non-hydrogen) atoms. The number of nitrogens with one attached hydrogen (secondary N) is 1. The summed E-state index contributed by atoms with van der Waals surface area (Å²) in [4.78, 5) is 0. The van der Waals surface area contributed by atoms with Gasteiger partial charge in [0, 0.05) is 11.3 Å². The molecule has 0 rings (SSSR count). The summed E-state index contributed by atoms with van der Waals surface area (Å²) < 4.78 is 0.376. The summed E-state index contributed by atoms with van der Waals surface area (Å²) in [7, 11) is 0. The highest BCUT2D eigenvalue weighted by molar-refractivity contribution is 7.99. The fourth-order valence-electron chi connectivity index (χ4n) is 1.18. The Morgan fingerprint density at radius 1 is 1.29 bits per heavy atom. The van der Waals surface area contributed by atoms with Gasteiger partial charge < -0.3 is 5.32 Å². The van der Waals surface area contributed by atoms with E-state index >= 15 is 0 Å². The van der Waals surface area contributed by atoms with E-state index in [0.29, 0.717) is 4.75 Å². The van der Waals surface area contributed by atoms with E-state index in [1.165, 1.54) is 19.3 Å². The minimum absolute atomic E-state index is 0.376. The molecule has 0 atom stereocenters. The summed E-state index contributed by atoms with van der Waals surface area (Å²) in [6.07, 6.45) is 9.24. The fourth-order valence-corrected chi connectivity index (χ4v) is 1.42. The lowest BCUT2D eigenvalue weighted by molar-refractivity contribution is 0.558. The molecule has 0 spiro atoms. The number of rotatable bonds is 9. The van der Waals surface area contributed by atoms with Gasteiger partial charge in [0.2, 0.25) is 0 Å². The summed E-state index contributed by atoms with van der Waals surface area (Å²) in [5.41, 5.74) is 0. The molecule has 0 amide bonds. The fraction of sp³-hybridized carbons (Fsp3) is 0.833. The van der Waals surface area contributed by atoms with E-state index in [0.717, 1.165) is 19.5 Å². The van der Waals surface area contributed by atoms with Crippen molar-refractivity contribution in [2.24, 2.45) is 0 Å². The maximum atomic E-state index is 3.72. The van der Waals surface area contributed by atoms with Crippen molar-refractivity contribution in [2.75, 3.05) is 19.3 Å². The van der Waals surface area contributed by atoms with Crippen LogP contribution in [0.5, 0.6) is 0 Å². The molecule has 0 aromatic rings. The van der Waals surface area contributed by atoms with Crippen LogP contribution in [0.4, 0.5) is 0 Å². The third-order valence-electron chi connectivity index (χ3n) is 2.37. The third-order valence-corrected chi connectivity index (χ3v) is 3.61. The molecule has 0 saturated carbocycles. The summed E-state index contributed by atoms with van der Waals surface area (Å²) in [6, 6.07) is 0. The van der Waals surface area contributed by atoms with Gasteiger partial charge >= 0.3 is 0 Å². The van der Waals surface area contributed by atoms with E-state index in [4.69, 9.17) is 0 Å². The largest absolute Gasteiger partial charge is 0.315 e. The van der Waals surface area contributed by atoms with Gasteiger partial charge in [-0.1, -0.05) is 12.5 Å². The molecule has 1 nitrogen and oxygen atoms in total. The van der Waals surface area contributed by atoms with Crippen LogP contribution in [0.25, 0.3) is 0 Å². The maximum absolute atomic E-state index is 3.72. The van der Waals surface area contributed by atoms with Gasteiger partial charge in [-0.15, -0.1) is 6.58 Å². The van der Waals surface area contributed by atoms with E-state index in [1.807, 2.05) is 17.8 Å². The molecule has 84 valence electrons. The third kappa shape index (κ3) is 8.64. The van der Waals surface area contributed by atoms with Gasteiger partial charge in [0.15, 0.2) is 0 Å². The molecule has 0 saturated heterocycles.